The van der Waals surface area contributed by atoms with Crippen LogP contribution in [0, 0.1) is 0 Å². The Bertz CT molecular complexity index is 1190. The number of rotatable bonds is 10. The van der Waals surface area contributed by atoms with Crippen molar-refractivity contribution in [1.82, 2.24) is 0 Å². The molecule has 186 valence electrons. The molecule has 0 radical (unpaired) electrons. The van der Waals surface area contributed by atoms with Gasteiger partial charge in [-0.05, 0) is 74.5 Å². The van der Waals surface area contributed by atoms with Crippen LogP contribution in [0.3, 0.4) is 0 Å². The minimum atomic E-state index is -0.824. The maximum Gasteiger partial charge on any atom is 0.338 e. The Morgan fingerprint density at radius 3 is 1.25 bits per heavy atom. The highest BCUT2D eigenvalue weighted by Gasteiger charge is 2.18. The summed E-state index contributed by atoms with van der Waals surface area (Å²) in [5.41, 5.74) is 13.6. The summed E-state index contributed by atoms with van der Waals surface area (Å²) in [6, 6.07) is 15.8. The fourth-order valence-corrected chi connectivity index (χ4v) is 3.33. The molecule has 0 heterocycles. The van der Waals surface area contributed by atoms with Gasteiger partial charge in [-0.2, -0.15) is 0 Å². The van der Waals surface area contributed by atoms with Crippen molar-refractivity contribution in [3.8, 4) is 0 Å². The Morgan fingerprint density at radius 1 is 0.639 bits per heavy atom. The zero-order valence-electron chi connectivity index (χ0n) is 19.8. The normalized spacial score (nSPS) is 10.3. The Hall–Kier alpha value is -4.86. The molecule has 0 saturated heterocycles. The number of esters is 2. The summed E-state index contributed by atoms with van der Waals surface area (Å²) in [5.74, 6) is -2.54. The average Bonchev–Trinajstić information content (AvgIpc) is 2.85. The molecule has 2 amide bonds. The summed E-state index contributed by atoms with van der Waals surface area (Å²) in [6.45, 7) is 3.96. The minimum absolute atomic E-state index is 0.0589. The van der Waals surface area contributed by atoms with Crippen molar-refractivity contribution in [1.29, 1.82) is 0 Å². The number of carbonyl (C=O) groups excluding carboxylic acids is 4. The van der Waals surface area contributed by atoms with E-state index in [0.717, 1.165) is 0 Å². The zero-order valence-corrected chi connectivity index (χ0v) is 19.8. The molecule has 0 atom stereocenters. The quantitative estimate of drug-likeness (QED) is 0.312. The molecular formula is C26H26N4O6. The molecule has 3 aromatic rings. The van der Waals surface area contributed by atoms with Gasteiger partial charge in [0.05, 0.1) is 46.8 Å². The number of ether oxygens (including phenoxy) is 2. The molecule has 10 heteroatoms. The molecule has 0 aliphatic rings. The molecule has 6 N–H and O–H groups in total. The van der Waals surface area contributed by atoms with Gasteiger partial charge in [-0.3, -0.25) is 9.59 Å². The van der Waals surface area contributed by atoms with Crippen molar-refractivity contribution in [2.45, 2.75) is 13.8 Å². The fourth-order valence-electron chi connectivity index (χ4n) is 3.33. The maximum absolute atomic E-state index is 12.0. The highest BCUT2D eigenvalue weighted by Crippen LogP contribution is 2.32. The third kappa shape index (κ3) is 6.17. The second kappa shape index (κ2) is 11.5. The highest BCUT2D eigenvalue weighted by molar-refractivity contribution is 6.08. The topological polar surface area (TPSA) is 163 Å². The van der Waals surface area contributed by atoms with Gasteiger partial charge in [-0.15, -0.1) is 0 Å². The summed E-state index contributed by atoms with van der Waals surface area (Å²) in [4.78, 5) is 47.9. The Morgan fingerprint density at radius 2 is 0.972 bits per heavy atom. The van der Waals surface area contributed by atoms with E-state index in [9.17, 15) is 19.2 Å². The first-order chi connectivity index (χ1) is 17.2. The molecule has 0 aliphatic carbocycles. The second-order valence-corrected chi connectivity index (χ2v) is 7.52. The number of nitrogens with two attached hydrogens (primary N) is 2. The monoisotopic (exact) mass is 490 g/mol. The molecular weight excluding hydrogens is 464 g/mol. The van der Waals surface area contributed by atoms with Crippen molar-refractivity contribution in [3.05, 3.63) is 82.9 Å². The van der Waals surface area contributed by atoms with Crippen molar-refractivity contribution < 1.29 is 28.7 Å². The molecule has 0 aliphatic heterocycles. The number of hydrogen-bond acceptors (Lipinski definition) is 8. The molecule has 0 aromatic heterocycles. The van der Waals surface area contributed by atoms with Crippen LogP contribution in [0.1, 0.15) is 55.3 Å². The molecule has 0 fully saturated rings. The number of carbonyl (C=O) groups is 4. The van der Waals surface area contributed by atoms with Gasteiger partial charge in [0.25, 0.3) is 0 Å². The van der Waals surface area contributed by atoms with E-state index in [0.29, 0.717) is 33.9 Å². The molecule has 10 nitrogen and oxygen atoms in total. The van der Waals surface area contributed by atoms with Crippen LogP contribution in [0.25, 0.3) is 0 Å². The van der Waals surface area contributed by atoms with Crippen molar-refractivity contribution in [3.63, 3.8) is 0 Å². The number of anilines is 4. The largest absolute Gasteiger partial charge is 0.462 e. The lowest BCUT2D eigenvalue weighted by atomic mass is 10.0. The van der Waals surface area contributed by atoms with Gasteiger partial charge in [-0.25, -0.2) is 9.59 Å². The van der Waals surface area contributed by atoms with Gasteiger partial charge in [-0.1, -0.05) is 0 Å². The van der Waals surface area contributed by atoms with E-state index in [2.05, 4.69) is 10.6 Å². The maximum atomic E-state index is 12.0. The van der Waals surface area contributed by atoms with Crippen LogP contribution >= 0.6 is 0 Å². The summed E-state index contributed by atoms with van der Waals surface area (Å²) in [7, 11) is 0. The minimum Gasteiger partial charge on any atom is -0.462 e. The van der Waals surface area contributed by atoms with Crippen LogP contribution in [-0.2, 0) is 9.47 Å². The summed E-state index contributed by atoms with van der Waals surface area (Å²) in [6.07, 6.45) is 0. The number of nitrogens with one attached hydrogen (secondary N) is 2. The SMILES string of the molecule is CCOC(=O)c1ccc(Nc2cc(C(N)=O)c(C(N)=O)cc2Nc2ccc(C(=O)OCC)cc2)cc1. The van der Waals surface area contributed by atoms with Gasteiger partial charge in [0.1, 0.15) is 0 Å². The number of benzene rings is 3. The smallest absolute Gasteiger partial charge is 0.338 e. The van der Waals surface area contributed by atoms with Crippen LogP contribution in [-0.4, -0.2) is 37.0 Å². The summed E-state index contributed by atoms with van der Waals surface area (Å²) < 4.78 is 9.98. The lowest BCUT2D eigenvalue weighted by Crippen LogP contribution is -2.21. The molecule has 0 saturated carbocycles. The van der Waals surface area contributed by atoms with Crippen molar-refractivity contribution in [2.24, 2.45) is 11.5 Å². The molecule has 3 rings (SSSR count). The van der Waals surface area contributed by atoms with Gasteiger partial charge in [0.2, 0.25) is 11.8 Å². The lowest BCUT2D eigenvalue weighted by Gasteiger charge is -2.17. The van der Waals surface area contributed by atoms with Crippen LogP contribution < -0.4 is 22.1 Å². The number of hydrogen-bond donors (Lipinski definition) is 4. The van der Waals surface area contributed by atoms with Gasteiger partial charge in [0.15, 0.2) is 0 Å². The van der Waals surface area contributed by atoms with Gasteiger partial charge < -0.3 is 31.6 Å². The lowest BCUT2D eigenvalue weighted by molar-refractivity contribution is 0.0517. The van der Waals surface area contributed by atoms with E-state index in [4.69, 9.17) is 20.9 Å². The first-order valence-corrected chi connectivity index (χ1v) is 11.1. The molecule has 3 aromatic carbocycles. The average molecular weight is 491 g/mol. The highest BCUT2D eigenvalue weighted by atomic mass is 16.5. The van der Waals surface area contributed by atoms with E-state index < -0.39 is 23.8 Å². The van der Waals surface area contributed by atoms with Crippen LogP contribution in [0.2, 0.25) is 0 Å². The van der Waals surface area contributed by atoms with Crippen LogP contribution in [0.4, 0.5) is 22.7 Å². The predicted octanol–water partition coefficient (Wildman–Crippen LogP) is 3.73. The second-order valence-electron chi connectivity index (χ2n) is 7.52. The van der Waals surface area contributed by atoms with Crippen molar-refractivity contribution >= 4 is 46.5 Å². The van der Waals surface area contributed by atoms with Crippen LogP contribution in [0.15, 0.2) is 60.7 Å². The third-order valence-electron chi connectivity index (χ3n) is 5.04. The first kappa shape index (κ1) is 25.8. The Balaban J connectivity index is 1.97. The Kier molecular flexibility index (Phi) is 8.24. The van der Waals surface area contributed by atoms with E-state index in [1.54, 1.807) is 62.4 Å². The summed E-state index contributed by atoms with van der Waals surface area (Å²) in [5, 5.41) is 6.30. The Labute approximate surface area is 207 Å². The van der Waals surface area contributed by atoms with Crippen LogP contribution in [0.5, 0.6) is 0 Å². The number of primary amides is 2. The molecule has 0 unspecified atom stereocenters. The van der Waals surface area contributed by atoms with E-state index in [-0.39, 0.29) is 24.3 Å². The zero-order chi connectivity index (χ0) is 26.2. The fraction of sp³-hybridized carbons (Fsp3) is 0.154. The van der Waals surface area contributed by atoms with Gasteiger partial charge in [0, 0.05) is 11.4 Å². The van der Waals surface area contributed by atoms with E-state index >= 15 is 0 Å². The van der Waals surface area contributed by atoms with Gasteiger partial charge >= 0.3 is 11.9 Å². The molecule has 36 heavy (non-hydrogen) atoms. The molecule has 0 spiro atoms. The summed E-state index contributed by atoms with van der Waals surface area (Å²) >= 11 is 0. The number of amides is 2. The van der Waals surface area contributed by atoms with E-state index in [1.807, 2.05) is 0 Å². The standard InChI is InChI=1S/C26H26N4O6/c1-3-35-25(33)15-5-9-17(10-6-15)29-21-13-19(23(27)31)20(24(28)32)14-22(21)30-18-11-7-16(8-12-18)26(34)36-4-2/h5-14,29-30H,3-4H2,1-2H3,(H2,27,31)(H2,28,32). The third-order valence-corrected chi connectivity index (χ3v) is 5.04. The molecule has 0 bridgehead atoms. The van der Waals surface area contributed by atoms with Crippen molar-refractivity contribution in [2.75, 3.05) is 23.8 Å². The predicted molar refractivity (Wildman–Crippen MR) is 135 cm³/mol. The first-order valence-electron chi connectivity index (χ1n) is 11.1. The van der Waals surface area contributed by atoms with E-state index in [1.165, 1.54) is 12.1 Å².